The molecule has 2 rings (SSSR count). The molecule has 1 aliphatic heterocycles. The van der Waals surface area contributed by atoms with E-state index >= 15 is 0 Å². The molecular weight excluding hydrogens is 267 g/mol. The summed E-state index contributed by atoms with van der Waals surface area (Å²) in [5.74, 6) is 0.697. The van der Waals surface area contributed by atoms with Crippen LogP contribution in [0.15, 0.2) is 22.8 Å². The predicted molar refractivity (Wildman–Crippen MR) is 58.5 cm³/mol. The zero-order chi connectivity index (χ0) is 10.1. The number of carbonyl (C=O) groups is 1. The van der Waals surface area contributed by atoms with Gasteiger partial charge in [-0.25, -0.2) is 4.98 Å². The van der Waals surface area contributed by atoms with Crippen LogP contribution in [0.4, 0.5) is 5.82 Å². The summed E-state index contributed by atoms with van der Waals surface area (Å²) in [5, 5.41) is -0.0942. The minimum atomic E-state index is -0.0942. The number of rotatable bonds is 1. The Morgan fingerprint density at radius 1 is 1.57 bits per heavy atom. The van der Waals surface area contributed by atoms with Gasteiger partial charge in [0.05, 0.1) is 5.38 Å². The van der Waals surface area contributed by atoms with Crippen LogP contribution in [0.1, 0.15) is 6.42 Å². The first-order chi connectivity index (χ1) is 6.66. The molecule has 1 saturated heterocycles. The van der Waals surface area contributed by atoms with Crippen LogP contribution in [0.5, 0.6) is 0 Å². The fourth-order valence-electron chi connectivity index (χ4n) is 1.43. The Labute approximate surface area is 95.2 Å². The molecule has 1 aliphatic rings. The standard InChI is InChI=1S/C9H8BrClN2O/c10-7-2-1-3-8(12-7)13-5-6(11)4-9(13)14/h1-3,6H,4-5H2. The molecule has 1 atom stereocenters. The topological polar surface area (TPSA) is 33.2 Å². The van der Waals surface area contributed by atoms with Crippen LogP contribution in [-0.4, -0.2) is 22.8 Å². The van der Waals surface area contributed by atoms with Gasteiger partial charge >= 0.3 is 0 Å². The number of hydrogen-bond donors (Lipinski definition) is 0. The first-order valence-electron chi connectivity index (χ1n) is 4.24. The zero-order valence-electron chi connectivity index (χ0n) is 7.28. The van der Waals surface area contributed by atoms with Crippen molar-refractivity contribution in [3.63, 3.8) is 0 Å². The summed E-state index contributed by atoms with van der Waals surface area (Å²) in [4.78, 5) is 17.3. The second-order valence-corrected chi connectivity index (χ2v) is 4.55. The normalized spacial score (nSPS) is 21.7. The lowest BCUT2D eigenvalue weighted by atomic mass is 10.4. The second kappa shape index (κ2) is 3.87. The molecule has 0 saturated carbocycles. The summed E-state index contributed by atoms with van der Waals surface area (Å²) in [7, 11) is 0. The smallest absolute Gasteiger partial charge is 0.229 e. The lowest BCUT2D eigenvalue weighted by molar-refractivity contribution is -0.117. The average Bonchev–Trinajstić information content (AvgIpc) is 2.45. The van der Waals surface area contributed by atoms with Crippen LogP contribution in [0.2, 0.25) is 0 Å². The summed E-state index contributed by atoms with van der Waals surface area (Å²) in [5.41, 5.74) is 0. The lowest BCUT2D eigenvalue weighted by Crippen LogP contribution is -2.25. The van der Waals surface area contributed by atoms with Gasteiger partial charge in [-0.15, -0.1) is 11.6 Å². The summed E-state index contributed by atoms with van der Waals surface area (Å²) < 4.78 is 0.723. The predicted octanol–water partition coefficient (Wildman–Crippen LogP) is 2.19. The number of alkyl halides is 1. The van der Waals surface area contributed by atoms with Gasteiger partial charge in [0.25, 0.3) is 0 Å². The van der Waals surface area contributed by atoms with Gasteiger partial charge in [0, 0.05) is 13.0 Å². The average molecular weight is 276 g/mol. The molecule has 2 heterocycles. The third kappa shape index (κ3) is 1.91. The Morgan fingerprint density at radius 3 is 2.93 bits per heavy atom. The highest BCUT2D eigenvalue weighted by molar-refractivity contribution is 9.10. The molecule has 0 aromatic carbocycles. The monoisotopic (exact) mass is 274 g/mol. The summed E-state index contributed by atoms with van der Waals surface area (Å²) >= 11 is 9.15. The second-order valence-electron chi connectivity index (χ2n) is 3.12. The van der Waals surface area contributed by atoms with Crippen LogP contribution < -0.4 is 4.90 Å². The summed E-state index contributed by atoms with van der Waals surface area (Å²) in [6, 6.07) is 5.47. The van der Waals surface area contributed by atoms with Crippen LogP contribution in [0, 0.1) is 0 Å². The van der Waals surface area contributed by atoms with Gasteiger partial charge in [-0.1, -0.05) is 6.07 Å². The van der Waals surface area contributed by atoms with Crippen molar-refractivity contribution in [2.24, 2.45) is 0 Å². The van der Waals surface area contributed by atoms with E-state index in [1.165, 1.54) is 0 Å². The van der Waals surface area contributed by atoms with E-state index in [0.29, 0.717) is 18.8 Å². The minimum Gasteiger partial charge on any atom is -0.295 e. The van der Waals surface area contributed by atoms with E-state index in [-0.39, 0.29) is 11.3 Å². The third-order valence-electron chi connectivity index (χ3n) is 2.05. The molecule has 0 radical (unpaired) electrons. The van der Waals surface area contributed by atoms with E-state index < -0.39 is 0 Å². The van der Waals surface area contributed by atoms with Gasteiger partial charge in [0.2, 0.25) is 5.91 Å². The van der Waals surface area contributed by atoms with E-state index in [2.05, 4.69) is 20.9 Å². The number of aromatic nitrogens is 1. The Morgan fingerprint density at radius 2 is 2.36 bits per heavy atom. The first kappa shape index (κ1) is 9.93. The Balaban J connectivity index is 2.27. The van der Waals surface area contributed by atoms with Crippen LogP contribution in [0.25, 0.3) is 0 Å². The largest absolute Gasteiger partial charge is 0.295 e. The van der Waals surface area contributed by atoms with Gasteiger partial charge in [-0.05, 0) is 28.1 Å². The molecule has 1 aromatic rings. The SMILES string of the molecule is O=C1CC(Cl)CN1c1cccc(Br)n1. The highest BCUT2D eigenvalue weighted by Gasteiger charge is 2.29. The maximum absolute atomic E-state index is 11.5. The molecule has 1 unspecified atom stereocenters. The van der Waals surface area contributed by atoms with Crippen molar-refractivity contribution >= 4 is 39.3 Å². The Hall–Kier alpha value is -0.610. The van der Waals surface area contributed by atoms with Gasteiger partial charge in [0.15, 0.2) is 0 Å². The first-order valence-corrected chi connectivity index (χ1v) is 5.47. The molecule has 74 valence electrons. The van der Waals surface area contributed by atoms with Crippen molar-refractivity contribution < 1.29 is 4.79 Å². The van der Waals surface area contributed by atoms with Crippen molar-refractivity contribution in [2.75, 3.05) is 11.4 Å². The van der Waals surface area contributed by atoms with E-state index in [4.69, 9.17) is 11.6 Å². The van der Waals surface area contributed by atoms with Crippen LogP contribution in [-0.2, 0) is 4.79 Å². The van der Waals surface area contributed by atoms with Crippen molar-refractivity contribution in [3.05, 3.63) is 22.8 Å². The highest BCUT2D eigenvalue weighted by Crippen LogP contribution is 2.23. The molecule has 0 aliphatic carbocycles. The Kier molecular flexibility index (Phi) is 2.74. The molecule has 0 bridgehead atoms. The quantitative estimate of drug-likeness (QED) is 0.581. The van der Waals surface area contributed by atoms with Gasteiger partial charge < -0.3 is 0 Å². The maximum Gasteiger partial charge on any atom is 0.229 e. The van der Waals surface area contributed by atoms with E-state index in [9.17, 15) is 4.79 Å². The number of hydrogen-bond acceptors (Lipinski definition) is 2. The lowest BCUT2D eigenvalue weighted by Gasteiger charge is -2.14. The van der Waals surface area contributed by atoms with Crippen molar-refractivity contribution in [1.82, 2.24) is 4.98 Å². The molecule has 3 nitrogen and oxygen atoms in total. The molecule has 0 spiro atoms. The maximum atomic E-state index is 11.5. The Bertz CT molecular complexity index is 372. The molecule has 1 aromatic heterocycles. The minimum absolute atomic E-state index is 0.0376. The molecule has 1 amide bonds. The van der Waals surface area contributed by atoms with Gasteiger partial charge in [-0.3, -0.25) is 9.69 Å². The summed E-state index contributed by atoms with van der Waals surface area (Å²) in [6.45, 7) is 0.545. The number of anilines is 1. The number of halogens is 2. The zero-order valence-corrected chi connectivity index (χ0v) is 9.62. The van der Waals surface area contributed by atoms with Crippen molar-refractivity contribution in [1.29, 1.82) is 0 Å². The number of carbonyl (C=O) groups excluding carboxylic acids is 1. The molecular formula is C9H8BrClN2O. The fraction of sp³-hybridized carbons (Fsp3) is 0.333. The van der Waals surface area contributed by atoms with Crippen LogP contribution >= 0.6 is 27.5 Å². The summed E-state index contributed by atoms with van der Waals surface area (Å²) in [6.07, 6.45) is 0.399. The number of pyridine rings is 1. The van der Waals surface area contributed by atoms with E-state index in [0.717, 1.165) is 4.60 Å². The highest BCUT2D eigenvalue weighted by atomic mass is 79.9. The third-order valence-corrected chi connectivity index (χ3v) is 2.79. The van der Waals surface area contributed by atoms with Crippen molar-refractivity contribution in [2.45, 2.75) is 11.8 Å². The van der Waals surface area contributed by atoms with E-state index in [1.54, 1.807) is 11.0 Å². The van der Waals surface area contributed by atoms with E-state index in [1.807, 2.05) is 12.1 Å². The molecule has 0 N–H and O–H groups in total. The van der Waals surface area contributed by atoms with Gasteiger partial charge in [-0.2, -0.15) is 0 Å². The van der Waals surface area contributed by atoms with Crippen LogP contribution in [0.3, 0.4) is 0 Å². The number of amides is 1. The fourth-order valence-corrected chi connectivity index (χ4v) is 2.04. The van der Waals surface area contributed by atoms with Crippen molar-refractivity contribution in [3.8, 4) is 0 Å². The molecule has 1 fully saturated rings. The number of nitrogens with zero attached hydrogens (tertiary/aromatic N) is 2. The molecule has 5 heteroatoms. The van der Waals surface area contributed by atoms with Gasteiger partial charge in [0.1, 0.15) is 10.4 Å². The molecule has 14 heavy (non-hydrogen) atoms.